The SMILES string of the molecule is CC(C)(C)C#Cc1csc2c(C(N)C(N)Cc3ccccc3)nc(-c3ccncc3)nc12. The molecule has 162 valence electrons. The van der Waals surface area contributed by atoms with Crippen LogP contribution < -0.4 is 11.5 Å². The molecule has 2 atom stereocenters. The second-order valence-electron chi connectivity index (χ2n) is 8.87. The lowest BCUT2D eigenvalue weighted by molar-refractivity contribution is 0.537. The summed E-state index contributed by atoms with van der Waals surface area (Å²) in [6.45, 7) is 6.28. The van der Waals surface area contributed by atoms with Gasteiger partial charge in [0.2, 0.25) is 0 Å². The molecule has 0 amide bonds. The van der Waals surface area contributed by atoms with E-state index in [1.807, 2.05) is 35.7 Å². The number of pyridine rings is 1. The summed E-state index contributed by atoms with van der Waals surface area (Å²) in [6.07, 6.45) is 4.13. The maximum Gasteiger partial charge on any atom is 0.160 e. The minimum Gasteiger partial charge on any atom is -0.326 e. The van der Waals surface area contributed by atoms with Gasteiger partial charge in [0.05, 0.1) is 22.0 Å². The molecule has 0 aliphatic rings. The van der Waals surface area contributed by atoms with E-state index >= 15 is 0 Å². The fourth-order valence-electron chi connectivity index (χ4n) is 3.36. The predicted octanol–water partition coefficient (Wildman–Crippen LogP) is 4.72. The molecule has 6 heteroatoms. The van der Waals surface area contributed by atoms with Crippen LogP contribution in [0.25, 0.3) is 21.6 Å². The molecule has 4 rings (SSSR count). The van der Waals surface area contributed by atoms with Crippen molar-refractivity contribution in [1.82, 2.24) is 15.0 Å². The van der Waals surface area contributed by atoms with Crippen molar-refractivity contribution in [3.63, 3.8) is 0 Å². The van der Waals surface area contributed by atoms with Crippen molar-refractivity contribution in [1.29, 1.82) is 0 Å². The van der Waals surface area contributed by atoms with Gasteiger partial charge in [-0.25, -0.2) is 9.97 Å². The normalized spacial score (nSPS) is 13.4. The molecular formula is C26H27N5S. The van der Waals surface area contributed by atoms with Crippen LogP contribution >= 0.6 is 11.3 Å². The van der Waals surface area contributed by atoms with E-state index in [1.54, 1.807) is 23.7 Å². The molecule has 32 heavy (non-hydrogen) atoms. The van der Waals surface area contributed by atoms with Gasteiger partial charge in [0.25, 0.3) is 0 Å². The Morgan fingerprint density at radius 1 is 1.00 bits per heavy atom. The molecule has 4 N–H and O–H groups in total. The molecule has 0 spiro atoms. The van der Waals surface area contributed by atoms with Crippen LogP contribution in [-0.2, 0) is 6.42 Å². The molecule has 0 fully saturated rings. The van der Waals surface area contributed by atoms with Crippen molar-refractivity contribution >= 4 is 21.6 Å². The largest absolute Gasteiger partial charge is 0.326 e. The third-order valence-electron chi connectivity index (χ3n) is 5.04. The lowest BCUT2D eigenvalue weighted by Crippen LogP contribution is -2.36. The standard InChI is InChI=1S/C26H27N5S/c1-26(2,3)12-9-19-16-32-24-22(19)30-25(18-10-13-29-14-11-18)31-23(24)21(28)20(27)15-17-7-5-4-6-8-17/h4-8,10-11,13-14,16,20-21H,15,27-28H2,1-3H3. The quantitative estimate of drug-likeness (QED) is 0.437. The van der Waals surface area contributed by atoms with Gasteiger partial charge in [0.1, 0.15) is 5.52 Å². The molecule has 3 aromatic heterocycles. The first kappa shape index (κ1) is 22.1. The second-order valence-corrected chi connectivity index (χ2v) is 9.75. The first-order valence-electron chi connectivity index (χ1n) is 10.6. The maximum absolute atomic E-state index is 6.69. The Morgan fingerprint density at radius 2 is 1.72 bits per heavy atom. The van der Waals surface area contributed by atoms with E-state index in [9.17, 15) is 0 Å². The fourth-order valence-corrected chi connectivity index (χ4v) is 4.33. The number of hydrogen-bond acceptors (Lipinski definition) is 6. The topological polar surface area (TPSA) is 90.7 Å². The van der Waals surface area contributed by atoms with E-state index in [1.165, 1.54) is 0 Å². The van der Waals surface area contributed by atoms with Gasteiger partial charge in [-0.1, -0.05) is 42.2 Å². The molecule has 0 radical (unpaired) electrons. The molecule has 1 aromatic carbocycles. The van der Waals surface area contributed by atoms with Crippen LogP contribution in [0.15, 0.2) is 60.2 Å². The number of fused-ring (bicyclic) bond motifs is 1. The van der Waals surface area contributed by atoms with Crippen LogP contribution in [0.5, 0.6) is 0 Å². The highest BCUT2D eigenvalue weighted by Gasteiger charge is 2.23. The smallest absolute Gasteiger partial charge is 0.160 e. The summed E-state index contributed by atoms with van der Waals surface area (Å²) >= 11 is 1.57. The number of hydrogen-bond donors (Lipinski definition) is 2. The first-order valence-corrected chi connectivity index (χ1v) is 11.5. The summed E-state index contributed by atoms with van der Waals surface area (Å²) in [5.41, 5.74) is 17.7. The monoisotopic (exact) mass is 441 g/mol. The molecule has 0 aliphatic heterocycles. The van der Waals surface area contributed by atoms with E-state index in [2.05, 4.69) is 49.7 Å². The molecule has 0 saturated heterocycles. The van der Waals surface area contributed by atoms with Crippen LogP contribution in [0.3, 0.4) is 0 Å². The molecule has 2 unspecified atom stereocenters. The van der Waals surface area contributed by atoms with E-state index in [-0.39, 0.29) is 11.5 Å². The van der Waals surface area contributed by atoms with Gasteiger partial charge < -0.3 is 11.5 Å². The van der Waals surface area contributed by atoms with Gasteiger partial charge >= 0.3 is 0 Å². The molecule has 4 aromatic rings. The number of aromatic nitrogens is 3. The summed E-state index contributed by atoms with van der Waals surface area (Å²) in [7, 11) is 0. The Labute approximate surface area is 192 Å². The Bertz CT molecular complexity index is 1260. The van der Waals surface area contributed by atoms with Crippen molar-refractivity contribution < 1.29 is 0 Å². The fraction of sp³-hybridized carbons (Fsp3) is 0.269. The summed E-state index contributed by atoms with van der Waals surface area (Å²) in [5, 5.41) is 2.04. The van der Waals surface area contributed by atoms with E-state index < -0.39 is 6.04 Å². The molecular weight excluding hydrogens is 414 g/mol. The molecule has 3 heterocycles. The van der Waals surface area contributed by atoms with Gasteiger partial charge in [-0.3, -0.25) is 4.98 Å². The third-order valence-corrected chi connectivity index (χ3v) is 6.04. The van der Waals surface area contributed by atoms with Gasteiger partial charge in [0, 0.05) is 34.8 Å². The van der Waals surface area contributed by atoms with Gasteiger partial charge in [-0.15, -0.1) is 11.3 Å². The summed E-state index contributed by atoms with van der Waals surface area (Å²) in [5.74, 6) is 7.22. The average molecular weight is 442 g/mol. The number of benzene rings is 1. The predicted molar refractivity (Wildman–Crippen MR) is 132 cm³/mol. The lowest BCUT2D eigenvalue weighted by Gasteiger charge is -2.20. The van der Waals surface area contributed by atoms with Crippen LogP contribution in [0.2, 0.25) is 0 Å². The van der Waals surface area contributed by atoms with Gasteiger partial charge in [-0.05, 0) is 44.9 Å². The van der Waals surface area contributed by atoms with Crippen LogP contribution in [0.1, 0.15) is 43.6 Å². The average Bonchev–Trinajstić information content (AvgIpc) is 3.20. The van der Waals surface area contributed by atoms with Crippen molar-refractivity contribution in [2.75, 3.05) is 0 Å². The van der Waals surface area contributed by atoms with Crippen LogP contribution in [0, 0.1) is 17.3 Å². The lowest BCUT2D eigenvalue weighted by atomic mass is 9.97. The minimum atomic E-state index is -0.441. The second kappa shape index (κ2) is 9.17. The van der Waals surface area contributed by atoms with Gasteiger partial charge in [0.15, 0.2) is 5.82 Å². The van der Waals surface area contributed by atoms with Crippen LogP contribution in [-0.4, -0.2) is 21.0 Å². The molecule has 0 saturated carbocycles. The zero-order chi connectivity index (χ0) is 22.7. The summed E-state index contributed by atoms with van der Waals surface area (Å²) in [4.78, 5) is 13.8. The first-order chi connectivity index (χ1) is 15.3. The van der Waals surface area contributed by atoms with E-state index in [0.29, 0.717) is 12.2 Å². The molecule has 0 aliphatic carbocycles. The molecule has 5 nitrogen and oxygen atoms in total. The Morgan fingerprint density at radius 3 is 2.41 bits per heavy atom. The maximum atomic E-state index is 6.69. The zero-order valence-electron chi connectivity index (χ0n) is 18.5. The van der Waals surface area contributed by atoms with Crippen molar-refractivity contribution in [3.05, 3.63) is 77.1 Å². The Kier molecular flexibility index (Phi) is 6.33. The summed E-state index contributed by atoms with van der Waals surface area (Å²) < 4.78 is 0.942. The highest BCUT2D eigenvalue weighted by atomic mass is 32.1. The van der Waals surface area contributed by atoms with Gasteiger partial charge in [-0.2, -0.15) is 0 Å². The van der Waals surface area contributed by atoms with E-state index in [0.717, 1.165) is 32.6 Å². The molecule has 0 bridgehead atoms. The van der Waals surface area contributed by atoms with Crippen molar-refractivity contribution in [2.24, 2.45) is 16.9 Å². The number of nitrogens with zero attached hydrogens (tertiary/aromatic N) is 3. The Hall–Kier alpha value is -3.11. The van der Waals surface area contributed by atoms with Crippen molar-refractivity contribution in [3.8, 4) is 23.2 Å². The number of thiophene rings is 1. The highest BCUT2D eigenvalue weighted by molar-refractivity contribution is 7.17. The zero-order valence-corrected chi connectivity index (χ0v) is 19.4. The summed E-state index contributed by atoms with van der Waals surface area (Å²) in [6, 6.07) is 13.2. The third kappa shape index (κ3) is 5.03. The number of rotatable bonds is 5. The van der Waals surface area contributed by atoms with E-state index in [4.69, 9.17) is 21.4 Å². The minimum absolute atomic E-state index is 0.105. The van der Waals surface area contributed by atoms with Crippen molar-refractivity contribution in [2.45, 2.75) is 39.3 Å². The van der Waals surface area contributed by atoms with Crippen LogP contribution in [0.4, 0.5) is 0 Å². The number of nitrogens with two attached hydrogens (primary N) is 2. The highest BCUT2D eigenvalue weighted by Crippen LogP contribution is 2.32. The Balaban J connectivity index is 1.81.